The maximum Gasteiger partial charge on any atom is 0.500 e. The molecule has 0 unspecified atom stereocenters. The van der Waals surface area contributed by atoms with Gasteiger partial charge in [-0.2, -0.15) is 0 Å². The molecule has 0 bridgehead atoms. The Balaban J connectivity index is 3.29. The van der Waals surface area contributed by atoms with Crippen LogP contribution in [0.15, 0.2) is 12.1 Å². The molecule has 0 saturated carbocycles. The van der Waals surface area contributed by atoms with Gasteiger partial charge in [-0.1, -0.05) is 6.07 Å². The highest BCUT2D eigenvalue weighted by atomic mass is 32.1. The largest absolute Gasteiger partial charge is 0.500 e. The van der Waals surface area contributed by atoms with Crippen LogP contribution in [0.2, 0.25) is 12.1 Å². The van der Waals surface area contributed by atoms with Gasteiger partial charge in [0.2, 0.25) is 0 Å². The summed E-state index contributed by atoms with van der Waals surface area (Å²) in [7, 11) is -5.63. The fraction of sp³-hybridized carbons (Fsp3) is 0.692. The number of hydrogen-bond acceptors (Lipinski definition) is 8. The lowest BCUT2D eigenvalue weighted by molar-refractivity contribution is 0.0699. The molecule has 0 aliphatic rings. The van der Waals surface area contributed by atoms with Gasteiger partial charge in [0.25, 0.3) is 0 Å². The third kappa shape index (κ3) is 10.6. The van der Waals surface area contributed by atoms with E-state index in [4.69, 9.17) is 51.0 Å². The Hall–Kier alpha value is -0.806. The zero-order valence-corrected chi connectivity index (χ0v) is 27.4. The van der Waals surface area contributed by atoms with Crippen LogP contribution in [-0.2, 0) is 39.4 Å². The van der Waals surface area contributed by atoms with Gasteiger partial charge in [-0.05, 0) is 109 Å². The topological polar surface area (TPSA) is 95.8 Å². The smallest absolute Gasteiger partial charge is 0.499 e. The van der Waals surface area contributed by atoms with Gasteiger partial charge >= 0.3 is 17.6 Å². The maximum absolute atomic E-state index is 10.5. The zero-order chi connectivity index (χ0) is 28.6. The van der Waals surface area contributed by atoms with Crippen molar-refractivity contribution in [2.45, 2.75) is 79.3 Å². The molecule has 0 spiro atoms. The summed E-state index contributed by atoms with van der Waals surface area (Å²) in [6.07, 6.45) is 2.71. The van der Waals surface area contributed by atoms with Crippen molar-refractivity contribution in [2.75, 3.05) is 39.6 Å². The van der Waals surface area contributed by atoms with E-state index in [1.54, 1.807) is 6.07 Å². The predicted molar refractivity (Wildman–Crippen MR) is 163 cm³/mol. The van der Waals surface area contributed by atoms with Gasteiger partial charge in [0.1, 0.15) is 0 Å². The van der Waals surface area contributed by atoms with Crippen LogP contribution in [-0.4, -0.2) is 77.6 Å². The summed E-state index contributed by atoms with van der Waals surface area (Å²) in [6.45, 7) is 14.7. The number of benzene rings is 1. The zero-order valence-electron chi connectivity index (χ0n) is 23.8. The molecule has 38 heavy (non-hydrogen) atoms. The summed E-state index contributed by atoms with van der Waals surface area (Å²) in [5.74, 6) is 0. The summed E-state index contributed by atoms with van der Waals surface area (Å²) in [4.78, 5) is 0. The number of thiocarbonyl (C=S) groups is 2. The van der Waals surface area contributed by atoms with E-state index in [2.05, 4.69) is 0 Å². The van der Waals surface area contributed by atoms with Crippen molar-refractivity contribution >= 4 is 52.1 Å². The number of aliphatic hydroxyl groups excluding tert-OH is 2. The van der Waals surface area contributed by atoms with Gasteiger partial charge in [-0.15, -0.1) is 0 Å². The van der Waals surface area contributed by atoms with Crippen molar-refractivity contribution in [3.8, 4) is 0 Å². The van der Waals surface area contributed by atoms with Crippen LogP contribution in [0.4, 0.5) is 0 Å². The molecule has 12 heteroatoms. The molecule has 0 amide bonds. The maximum atomic E-state index is 10.5. The van der Waals surface area contributed by atoms with Crippen molar-refractivity contribution < 1.29 is 36.8 Å². The van der Waals surface area contributed by atoms with Crippen molar-refractivity contribution in [1.29, 1.82) is 0 Å². The summed E-state index contributed by atoms with van der Waals surface area (Å²) in [5.41, 5.74) is 2.64. The molecule has 0 fully saturated rings. The Labute approximate surface area is 241 Å². The molecule has 0 aliphatic carbocycles. The molecule has 218 valence electrons. The first-order valence-corrected chi connectivity index (χ1v) is 18.3. The van der Waals surface area contributed by atoms with Crippen LogP contribution in [0.25, 0.3) is 0 Å². The second-order valence-corrected chi connectivity index (χ2v) is 14.6. The SMILES string of the molecule is CCO[Si](CCCc1ccc(C(O)=S)c(C(O)=S)c1CCC[Si](OCC)(OCC)OCC)(OCC)OCC. The Morgan fingerprint density at radius 3 is 1.37 bits per heavy atom. The summed E-state index contributed by atoms with van der Waals surface area (Å²) >= 11 is 10.3. The van der Waals surface area contributed by atoms with Crippen molar-refractivity contribution in [3.63, 3.8) is 0 Å². The van der Waals surface area contributed by atoms with Crippen LogP contribution in [0, 0.1) is 0 Å². The van der Waals surface area contributed by atoms with Crippen molar-refractivity contribution in [2.24, 2.45) is 0 Å². The summed E-state index contributed by atoms with van der Waals surface area (Å²) in [5, 5.41) is 20.0. The Kier molecular flexibility index (Phi) is 17.2. The molecular formula is C26H46O8S2Si2. The van der Waals surface area contributed by atoms with E-state index < -0.39 is 17.6 Å². The second-order valence-electron chi connectivity index (χ2n) is 8.41. The van der Waals surface area contributed by atoms with Crippen LogP contribution in [0.1, 0.15) is 76.6 Å². The normalized spacial score (nSPS) is 12.2. The molecule has 0 saturated heterocycles. The molecule has 0 radical (unpaired) electrons. The van der Waals surface area contributed by atoms with Crippen molar-refractivity contribution in [1.82, 2.24) is 0 Å². The van der Waals surface area contributed by atoms with Gasteiger partial charge in [-0.25, -0.2) is 0 Å². The number of aryl methyl sites for hydroxylation is 1. The first-order valence-electron chi connectivity index (χ1n) is 13.6. The molecular weight excluding hydrogens is 561 g/mol. The quantitative estimate of drug-likeness (QED) is 0.119. The van der Waals surface area contributed by atoms with Gasteiger partial charge in [0.15, 0.2) is 10.1 Å². The van der Waals surface area contributed by atoms with Gasteiger partial charge in [0.05, 0.1) is 0 Å². The van der Waals surface area contributed by atoms with Gasteiger partial charge in [0, 0.05) is 62.9 Å². The molecule has 1 aromatic carbocycles. The summed E-state index contributed by atoms with van der Waals surface area (Å²) in [6, 6.07) is 4.94. The highest BCUT2D eigenvalue weighted by Crippen LogP contribution is 2.28. The highest BCUT2D eigenvalue weighted by Gasteiger charge is 2.41. The highest BCUT2D eigenvalue weighted by molar-refractivity contribution is 7.81. The van der Waals surface area contributed by atoms with Crippen LogP contribution >= 0.6 is 24.4 Å². The van der Waals surface area contributed by atoms with Gasteiger partial charge in [-0.3, -0.25) is 0 Å². The van der Waals surface area contributed by atoms with Crippen LogP contribution in [0.3, 0.4) is 0 Å². The van der Waals surface area contributed by atoms with E-state index in [-0.39, 0.29) is 10.1 Å². The lowest BCUT2D eigenvalue weighted by atomic mass is 9.91. The summed E-state index contributed by atoms with van der Waals surface area (Å²) < 4.78 is 36.1. The Morgan fingerprint density at radius 1 is 0.632 bits per heavy atom. The van der Waals surface area contributed by atoms with E-state index >= 15 is 0 Å². The minimum Gasteiger partial charge on any atom is -0.499 e. The average Bonchev–Trinajstić information content (AvgIpc) is 2.85. The number of rotatable bonds is 22. The molecule has 0 heterocycles. The lowest BCUT2D eigenvalue weighted by Crippen LogP contribution is -2.46. The van der Waals surface area contributed by atoms with E-state index in [0.29, 0.717) is 82.1 Å². The standard InChI is InChI=1S/C26H46O8S2Si2/c1-7-29-37(30-8-2,31-9-3)19-13-15-21-17-18-23(25(27)35)24(26(28)36)22(21)16-14-20-38(32-10-4,33-11-5)34-12-6/h17-18H,7-16,19-20H2,1-6H3,(H,27,35)(H,28,36). The number of aliphatic hydroxyl groups is 2. The number of hydrogen-bond donors (Lipinski definition) is 2. The molecule has 0 aliphatic heterocycles. The third-order valence-corrected chi connectivity index (χ3v) is 12.6. The third-order valence-electron chi connectivity index (χ3n) is 5.88. The second kappa shape index (κ2) is 18.5. The predicted octanol–water partition coefficient (Wildman–Crippen LogP) is 6.12. The molecule has 8 nitrogen and oxygen atoms in total. The Bertz CT molecular complexity index is 838. The van der Waals surface area contributed by atoms with Gasteiger partial charge < -0.3 is 36.8 Å². The van der Waals surface area contributed by atoms with E-state index in [9.17, 15) is 10.2 Å². The van der Waals surface area contributed by atoms with Crippen LogP contribution < -0.4 is 0 Å². The lowest BCUT2D eigenvalue weighted by Gasteiger charge is -2.29. The molecule has 1 aromatic rings. The minimum atomic E-state index is -2.84. The van der Waals surface area contributed by atoms with E-state index in [0.717, 1.165) is 17.5 Å². The first kappa shape index (κ1) is 35.2. The monoisotopic (exact) mass is 606 g/mol. The fourth-order valence-electron chi connectivity index (χ4n) is 4.61. The first-order chi connectivity index (χ1) is 18.2. The molecule has 1 rings (SSSR count). The van der Waals surface area contributed by atoms with E-state index in [1.807, 2.05) is 47.6 Å². The fourth-order valence-corrected chi connectivity index (χ4v) is 10.2. The van der Waals surface area contributed by atoms with E-state index in [1.165, 1.54) is 0 Å². The molecule has 0 aromatic heterocycles. The Morgan fingerprint density at radius 2 is 1.03 bits per heavy atom. The van der Waals surface area contributed by atoms with Crippen LogP contribution in [0.5, 0.6) is 0 Å². The van der Waals surface area contributed by atoms with Crippen molar-refractivity contribution in [3.05, 3.63) is 34.4 Å². The molecule has 0 atom stereocenters. The average molecular weight is 607 g/mol. The minimum absolute atomic E-state index is 0.294. The molecule has 2 N–H and O–H groups in total.